The highest BCUT2D eigenvalue weighted by Crippen LogP contribution is 2.33. The number of imidazole rings is 1. The lowest BCUT2D eigenvalue weighted by Gasteiger charge is -2.15. The molecule has 4 atom stereocenters. The van der Waals surface area contributed by atoms with Crippen LogP contribution in [-0.4, -0.2) is 70.2 Å². The van der Waals surface area contributed by atoms with Gasteiger partial charge in [-0.15, -0.1) is 0 Å². The molecule has 2 unspecified atom stereocenters. The van der Waals surface area contributed by atoms with E-state index in [0.29, 0.717) is 34.5 Å². The van der Waals surface area contributed by atoms with Crippen molar-refractivity contribution in [3.63, 3.8) is 0 Å². The van der Waals surface area contributed by atoms with Crippen molar-refractivity contribution >= 4 is 38.1 Å². The second-order valence-electron chi connectivity index (χ2n) is 9.54. The predicted molar refractivity (Wildman–Crippen MR) is 144 cm³/mol. The Morgan fingerprint density at radius 1 is 1.00 bits per heavy atom. The van der Waals surface area contributed by atoms with Crippen LogP contribution >= 0.6 is 11.6 Å². The fraction of sp³-hybridized carbons (Fsp3) is 0.308. The summed E-state index contributed by atoms with van der Waals surface area (Å²) in [6.07, 6.45) is 1.96. The number of H-pyrrole nitrogens is 1. The Balaban J connectivity index is 1.22. The summed E-state index contributed by atoms with van der Waals surface area (Å²) in [5, 5.41) is 10.4. The van der Waals surface area contributed by atoms with Crippen molar-refractivity contribution in [2.24, 2.45) is 4.36 Å². The van der Waals surface area contributed by atoms with Crippen LogP contribution in [0, 0.1) is 4.78 Å². The third kappa shape index (κ3) is 4.95. The standard InChI is InChI=1S/C26H26ClN5O4S/c1-37(2,28)32-17-9-7-15(8-10-17)14-3-5-16(6-4-14)22-18(27)11-19-25(30-22)31-26(29-19)36-21-13-35-23-20(33)12-34-24(21)23/h3-11,20-21,23-24,28,33H,12-13H2,1-2H3,(H,29,30,31)/t20-,21-,23?,24?/m1/s1. The zero-order chi connectivity index (χ0) is 25.7. The molecule has 6 rings (SSSR count). The number of rotatable bonds is 5. The smallest absolute Gasteiger partial charge is 0.296 e. The number of aliphatic hydroxyl groups excluding tert-OH is 1. The molecule has 0 radical (unpaired) electrons. The number of nitrogens with one attached hydrogen (secondary N) is 2. The van der Waals surface area contributed by atoms with Crippen LogP contribution in [-0.2, 0) is 19.1 Å². The number of hydrogen-bond acceptors (Lipinski definition) is 8. The molecule has 9 nitrogen and oxygen atoms in total. The number of aromatic nitrogens is 3. The average molecular weight is 540 g/mol. The van der Waals surface area contributed by atoms with Gasteiger partial charge >= 0.3 is 0 Å². The molecular weight excluding hydrogens is 514 g/mol. The average Bonchev–Trinajstić information content (AvgIpc) is 3.55. The van der Waals surface area contributed by atoms with E-state index < -0.39 is 15.7 Å². The second-order valence-corrected chi connectivity index (χ2v) is 12.7. The first kappa shape index (κ1) is 24.3. The summed E-state index contributed by atoms with van der Waals surface area (Å²) in [5.74, 6) is 0. The minimum absolute atomic E-state index is 0.237. The molecule has 0 aliphatic carbocycles. The Labute approximate surface area is 219 Å². The summed E-state index contributed by atoms with van der Waals surface area (Å²) in [6.45, 7) is 0.552. The Bertz CT molecular complexity index is 1570. The van der Waals surface area contributed by atoms with E-state index in [1.165, 1.54) is 0 Å². The summed E-state index contributed by atoms with van der Waals surface area (Å²) in [7, 11) is -1.70. The third-order valence-corrected chi connectivity index (χ3v) is 7.30. The van der Waals surface area contributed by atoms with Crippen LogP contribution in [0.4, 0.5) is 5.69 Å². The molecule has 2 aliphatic heterocycles. The van der Waals surface area contributed by atoms with Crippen LogP contribution in [0.3, 0.4) is 0 Å². The number of aliphatic hydroxyl groups is 1. The molecule has 2 saturated heterocycles. The van der Waals surface area contributed by atoms with E-state index in [0.717, 1.165) is 22.4 Å². The van der Waals surface area contributed by atoms with Crippen molar-refractivity contribution in [2.45, 2.75) is 24.4 Å². The van der Waals surface area contributed by atoms with E-state index >= 15 is 0 Å². The molecule has 0 bridgehead atoms. The maximum Gasteiger partial charge on any atom is 0.296 e. The van der Waals surface area contributed by atoms with E-state index in [-0.39, 0.29) is 24.9 Å². The van der Waals surface area contributed by atoms with Gasteiger partial charge < -0.3 is 24.3 Å². The highest BCUT2D eigenvalue weighted by atomic mass is 35.5. The van der Waals surface area contributed by atoms with E-state index in [2.05, 4.69) is 19.3 Å². The van der Waals surface area contributed by atoms with Crippen LogP contribution < -0.4 is 4.74 Å². The molecule has 2 aromatic carbocycles. The summed E-state index contributed by atoms with van der Waals surface area (Å²) < 4.78 is 29.7. The first-order valence-corrected chi connectivity index (χ1v) is 14.6. The van der Waals surface area contributed by atoms with E-state index in [4.69, 9.17) is 30.6 Å². The topological polar surface area (TPSA) is 126 Å². The van der Waals surface area contributed by atoms with Gasteiger partial charge in [0.05, 0.1) is 35.1 Å². The van der Waals surface area contributed by atoms with Gasteiger partial charge in [-0.25, -0.2) is 9.35 Å². The summed E-state index contributed by atoms with van der Waals surface area (Å²) >= 11 is 6.59. The second kappa shape index (κ2) is 9.38. The first-order chi connectivity index (χ1) is 17.7. The summed E-state index contributed by atoms with van der Waals surface area (Å²) in [5.41, 5.74) is 5.57. The number of hydrogen-bond donors (Lipinski definition) is 3. The van der Waals surface area contributed by atoms with Crippen LogP contribution in [0.25, 0.3) is 33.5 Å². The lowest BCUT2D eigenvalue weighted by atomic mass is 10.0. The van der Waals surface area contributed by atoms with Gasteiger partial charge in [-0.05, 0) is 29.3 Å². The largest absolute Gasteiger partial charge is 0.456 e. The van der Waals surface area contributed by atoms with Crippen LogP contribution in [0.2, 0.25) is 5.02 Å². The van der Waals surface area contributed by atoms with Crippen molar-refractivity contribution in [1.29, 1.82) is 4.78 Å². The molecule has 11 heteroatoms. The Morgan fingerprint density at radius 3 is 2.35 bits per heavy atom. The number of ether oxygens (including phenoxy) is 3. The number of benzene rings is 2. The zero-order valence-electron chi connectivity index (χ0n) is 20.2. The maximum absolute atomic E-state index is 9.93. The van der Waals surface area contributed by atoms with Crippen molar-refractivity contribution in [2.75, 3.05) is 25.7 Å². The monoisotopic (exact) mass is 539 g/mol. The number of aromatic amines is 1. The highest BCUT2D eigenvalue weighted by Gasteiger charge is 2.48. The number of halogens is 1. The lowest BCUT2D eigenvalue weighted by molar-refractivity contribution is 0.00706. The SMILES string of the molecule is CS(C)(=N)=Nc1ccc(-c2ccc(-c3nc4nc(O[C@@H]5COC6C5OC[C@H]6O)[nH]c4cc3Cl)cc2)cc1. The number of pyridine rings is 1. The molecule has 3 N–H and O–H groups in total. The molecule has 2 aliphatic rings. The normalized spacial score (nSPS) is 23.4. The van der Waals surface area contributed by atoms with E-state index in [9.17, 15) is 5.11 Å². The van der Waals surface area contributed by atoms with Crippen molar-refractivity contribution in [3.8, 4) is 28.4 Å². The molecule has 4 heterocycles. The van der Waals surface area contributed by atoms with Gasteiger partial charge in [-0.3, -0.25) is 4.78 Å². The summed E-state index contributed by atoms with van der Waals surface area (Å²) in [6, 6.07) is 18.0. The molecule has 0 saturated carbocycles. The molecule has 4 aromatic rings. The van der Waals surface area contributed by atoms with E-state index in [1.807, 2.05) is 61.0 Å². The third-order valence-electron chi connectivity index (χ3n) is 6.34. The fourth-order valence-electron chi connectivity index (χ4n) is 4.64. The van der Waals surface area contributed by atoms with Gasteiger partial charge in [-0.2, -0.15) is 4.98 Å². The Morgan fingerprint density at radius 2 is 1.65 bits per heavy atom. The Hall–Kier alpha value is -3.02. The number of nitrogens with zero attached hydrogens (tertiary/aromatic N) is 3. The summed E-state index contributed by atoms with van der Waals surface area (Å²) in [4.78, 5) is 12.3. The number of fused-ring (bicyclic) bond motifs is 2. The molecule has 2 aromatic heterocycles. The van der Waals surface area contributed by atoms with Gasteiger partial charge in [0, 0.05) is 18.1 Å². The Kier molecular flexibility index (Phi) is 6.16. The van der Waals surface area contributed by atoms with Gasteiger partial charge in [0.25, 0.3) is 6.01 Å². The van der Waals surface area contributed by atoms with Crippen molar-refractivity contribution in [3.05, 3.63) is 59.6 Å². The highest BCUT2D eigenvalue weighted by molar-refractivity contribution is 7.93. The van der Waals surface area contributed by atoms with E-state index in [1.54, 1.807) is 6.07 Å². The minimum atomic E-state index is -1.70. The van der Waals surface area contributed by atoms with Crippen LogP contribution in [0.15, 0.2) is 59.0 Å². The maximum atomic E-state index is 9.93. The molecular formula is C26H26ClN5O4S. The molecule has 0 spiro atoms. The van der Waals surface area contributed by atoms with Gasteiger partial charge in [0.2, 0.25) is 0 Å². The zero-order valence-corrected chi connectivity index (χ0v) is 21.8. The van der Waals surface area contributed by atoms with Crippen LogP contribution in [0.1, 0.15) is 0 Å². The first-order valence-electron chi connectivity index (χ1n) is 11.8. The molecule has 37 heavy (non-hydrogen) atoms. The quantitative estimate of drug-likeness (QED) is 0.333. The predicted octanol–water partition coefficient (Wildman–Crippen LogP) is 4.84. The van der Waals surface area contributed by atoms with Gasteiger partial charge in [-0.1, -0.05) is 57.6 Å². The van der Waals surface area contributed by atoms with Crippen molar-refractivity contribution in [1.82, 2.24) is 15.0 Å². The molecule has 0 amide bonds. The molecule has 2 fully saturated rings. The van der Waals surface area contributed by atoms with Crippen LogP contribution in [0.5, 0.6) is 6.01 Å². The minimum Gasteiger partial charge on any atom is -0.456 e. The molecule has 192 valence electrons. The van der Waals surface area contributed by atoms with Crippen molar-refractivity contribution < 1.29 is 19.3 Å². The van der Waals surface area contributed by atoms with Gasteiger partial charge in [0.15, 0.2) is 11.8 Å². The fourth-order valence-corrected chi connectivity index (χ4v) is 5.55. The lowest BCUT2D eigenvalue weighted by Crippen LogP contribution is -2.34. The van der Waals surface area contributed by atoms with Gasteiger partial charge in [0.1, 0.15) is 18.3 Å².